The topological polar surface area (TPSA) is 74.8 Å². The highest BCUT2D eigenvalue weighted by molar-refractivity contribution is 6.02. The number of rotatable bonds is 6. The van der Waals surface area contributed by atoms with E-state index in [0.717, 1.165) is 13.0 Å². The molecule has 3 heterocycles. The largest absolute Gasteiger partial charge is 0.490 e. The van der Waals surface area contributed by atoms with Crippen LogP contribution in [-0.4, -0.2) is 60.2 Å². The molecule has 10 heteroatoms. The molecule has 0 radical (unpaired) electrons. The lowest BCUT2D eigenvalue weighted by molar-refractivity contribution is -0.162. The van der Waals surface area contributed by atoms with Crippen LogP contribution >= 0.6 is 0 Å². The number of hydrogen-bond donors (Lipinski definition) is 1. The van der Waals surface area contributed by atoms with Crippen molar-refractivity contribution in [3.63, 3.8) is 0 Å². The summed E-state index contributed by atoms with van der Waals surface area (Å²) >= 11 is 0. The van der Waals surface area contributed by atoms with Gasteiger partial charge in [-0.3, -0.25) is 19.5 Å². The van der Waals surface area contributed by atoms with Crippen LogP contribution in [-0.2, 0) is 9.59 Å². The van der Waals surface area contributed by atoms with Crippen LogP contribution in [0.5, 0.6) is 5.75 Å². The zero-order valence-electron chi connectivity index (χ0n) is 18.6. The van der Waals surface area contributed by atoms with Crippen LogP contribution < -0.4 is 15.0 Å². The van der Waals surface area contributed by atoms with Gasteiger partial charge in [-0.1, -0.05) is 0 Å². The van der Waals surface area contributed by atoms with Crippen LogP contribution in [0.15, 0.2) is 48.8 Å². The summed E-state index contributed by atoms with van der Waals surface area (Å²) in [6, 6.07) is 10.8. The van der Waals surface area contributed by atoms with Crippen LogP contribution in [0.25, 0.3) is 0 Å². The smallest absolute Gasteiger partial charge is 0.397 e. The Morgan fingerprint density at radius 1 is 1.09 bits per heavy atom. The van der Waals surface area contributed by atoms with Crippen LogP contribution in [0.2, 0.25) is 0 Å². The molecule has 2 fully saturated rings. The molecule has 1 aromatic carbocycles. The van der Waals surface area contributed by atoms with Crippen LogP contribution in [0.3, 0.4) is 0 Å². The van der Waals surface area contributed by atoms with Crippen molar-refractivity contribution < 1.29 is 27.5 Å². The Labute approximate surface area is 195 Å². The molecule has 1 aromatic heterocycles. The molecule has 0 saturated carbocycles. The maximum atomic E-state index is 13.2. The number of hydrogen-bond acceptors (Lipinski definition) is 5. The predicted molar refractivity (Wildman–Crippen MR) is 120 cm³/mol. The summed E-state index contributed by atoms with van der Waals surface area (Å²) in [5, 5.41) is 3.22. The quantitative estimate of drug-likeness (QED) is 0.689. The summed E-state index contributed by atoms with van der Waals surface area (Å²) in [5.41, 5.74) is 1.38. The molecule has 2 aliphatic rings. The number of pyridine rings is 1. The average molecular weight is 476 g/mol. The number of nitrogens with zero attached hydrogens (tertiary/aromatic N) is 3. The van der Waals surface area contributed by atoms with Gasteiger partial charge in [-0.25, -0.2) is 0 Å². The van der Waals surface area contributed by atoms with E-state index in [-0.39, 0.29) is 31.0 Å². The van der Waals surface area contributed by atoms with Gasteiger partial charge in [-0.15, -0.1) is 0 Å². The molecule has 0 unspecified atom stereocenters. The van der Waals surface area contributed by atoms with E-state index >= 15 is 0 Å². The number of ether oxygens (including phenoxy) is 1. The highest BCUT2D eigenvalue weighted by Crippen LogP contribution is 2.31. The molecule has 2 amide bonds. The Hall–Kier alpha value is -3.14. The van der Waals surface area contributed by atoms with Crippen molar-refractivity contribution in [3.05, 3.63) is 48.8 Å². The van der Waals surface area contributed by atoms with Gasteiger partial charge in [0.15, 0.2) is 0 Å². The summed E-state index contributed by atoms with van der Waals surface area (Å²) in [5.74, 6) is -0.401. The number of halogens is 3. The first kappa shape index (κ1) is 24.0. The zero-order valence-corrected chi connectivity index (χ0v) is 18.6. The standard InChI is InChI=1S/C24H27F3N4O3/c25-24(26,27)14-22(32)30-12-8-21(9-13-30)34-20-5-3-18(4-6-20)31(19-2-1-10-28-16-19)23(33)17-7-11-29-15-17/h1-6,10,16-17,21,29H,7-9,11-15H2/t17-/m0/s1. The molecule has 2 aliphatic heterocycles. The zero-order chi connectivity index (χ0) is 24.1. The van der Waals surface area contributed by atoms with Gasteiger partial charge >= 0.3 is 6.18 Å². The third kappa shape index (κ3) is 6.05. The van der Waals surface area contributed by atoms with E-state index in [9.17, 15) is 22.8 Å². The van der Waals surface area contributed by atoms with Crippen molar-refractivity contribution in [1.29, 1.82) is 0 Å². The lowest BCUT2D eigenvalue weighted by atomic mass is 10.1. The third-order valence-corrected chi connectivity index (χ3v) is 6.08. The third-order valence-electron chi connectivity index (χ3n) is 6.08. The number of piperidine rings is 1. The number of anilines is 2. The van der Waals surface area contributed by atoms with E-state index in [1.165, 1.54) is 4.90 Å². The first-order valence-electron chi connectivity index (χ1n) is 11.4. The van der Waals surface area contributed by atoms with E-state index in [0.29, 0.717) is 36.5 Å². The Bertz CT molecular complexity index is 971. The Morgan fingerprint density at radius 3 is 2.41 bits per heavy atom. The first-order chi connectivity index (χ1) is 16.3. The molecule has 182 valence electrons. The Balaban J connectivity index is 1.39. The summed E-state index contributed by atoms with van der Waals surface area (Å²) in [6.07, 6.45) is -1.11. The van der Waals surface area contributed by atoms with Crippen molar-refractivity contribution >= 4 is 23.2 Å². The van der Waals surface area contributed by atoms with Crippen LogP contribution in [0.4, 0.5) is 24.5 Å². The van der Waals surface area contributed by atoms with Gasteiger partial charge in [0.1, 0.15) is 18.3 Å². The number of nitrogens with one attached hydrogen (secondary N) is 1. The fraction of sp³-hybridized carbons (Fsp3) is 0.458. The number of carbonyl (C=O) groups is 2. The summed E-state index contributed by atoms with van der Waals surface area (Å²) in [4.78, 5) is 32.1. The van der Waals surface area contributed by atoms with Crippen molar-refractivity contribution in [2.45, 2.75) is 38.0 Å². The molecule has 0 spiro atoms. The molecule has 7 nitrogen and oxygen atoms in total. The Kier molecular flexibility index (Phi) is 7.35. The van der Waals surface area contributed by atoms with Crippen molar-refractivity contribution in [2.24, 2.45) is 5.92 Å². The van der Waals surface area contributed by atoms with E-state index in [1.807, 2.05) is 18.2 Å². The van der Waals surface area contributed by atoms with Crippen LogP contribution in [0.1, 0.15) is 25.7 Å². The monoisotopic (exact) mass is 476 g/mol. The minimum absolute atomic E-state index is 0.00237. The lowest BCUT2D eigenvalue weighted by Gasteiger charge is -2.32. The minimum atomic E-state index is -4.49. The predicted octanol–water partition coefficient (Wildman–Crippen LogP) is 3.68. The minimum Gasteiger partial charge on any atom is -0.490 e. The fourth-order valence-corrected chi connectivity index (χ4v) is 4.31. The second-order valence-corrected chi connectivity index (χ2v) is 8.56. The molecule has 2 saturated heterocycles. The van der Waals surface area contributed by atoms with Gasteiger partial charge in [0.05, 0.1) is 17.8 Å². The molecule has 1 N–H and O–H groups in total. The SMILES string of the molecule is O=C(CC(F)(F)F)N1CCC(Oc2ccc(N(C(=O)[C@H]3CCNC3)c3cccnc3)cc2)CC1. The van der Waals surface area contributed by atoms with Crippen molar-refractivity contribution in [3.8, 4) is 5.75 Å². The number of alkyl halides is 3. The summed E-state index contributed by atoms with van der Waals surface area (Å²) < 4.78 is 43.4. The second-order valence-electron chi connectivity index (χ2n) is 8.56. The molecule has 0 bridgehead atoms. The van der Waals surface area contributed by atoms with E-state index in [4.69, 9.17) is 4.74 Å². The second kappa shape index (κ2) is 10.4. The molecule has 0 aliphatic carbocycles. The van der Waals surface area contributed by atoms with Gasteiger partial charge in [0, 0.05) is 44.4 Å². The summed E-state index contributed by atoms with van der Waals surface area (Å²) in [6.45, 7) is 1.92. The van der Waals surface area contributed by atoms with E-state index in [2.05, 4.69) is 10.3 Å². The van der Waals surface area contributed by atoms with E-state index in [1.54, 1.807) is 35.5 Å². The van der Waals surface area contributed by atoms with Crippen LogP contribution in [0, 0.1) is 5.92 Å². The molecule has 34 heavy (non-hydrogen) atoms. The average Bonchev–Trinajstić information content (AvgIpc) is 3.36. The van der Waals surface area contributed by atoms with Gasteiger partial charge in [0.25, 0.3) is 0 Å². The molecular weight excluding hydrogens is 449 g/mol. The molecular formula is C24H27F3N4O3. The fourth-order valence-electron chi connectivity index (χ4n) is 4.31. The first-order valence-corrected chi connectivity index (χ1v) is 11.4. The number of benzene rings is 1. The molecule has 2 aromatic rings. The maximum absolute atomic E-state index is 13.2. The Morgan fingerprint density at radius 2 is 1.82 bits per heavy atom. The number of carbonyl (C=O) groups excluding carboxylic acids is 2. The van der Waals surface area contributed by atoms with Crippen molar-refractivity contribution in [1.82, 2.24) is 15.2 Å². The van der Waals surface area contributed by atoms with E-state index < -0.39 is 18.5 Å². The maximum Gasteiger partial charge on any atom is 0.397 e. The lowest BCUT2D eigenvalue weighted by Crippen LogP contribution is -2.43. The highest BCUT2D eigenvalue weighted by Gasteiger charge is 2.35. The van der Waals surface area contributed by atoms with Gasteiger partial charge in [-0.2, -0.15) is 13.2 Å². The van der Waals surface area contributed by atoms with Gasteiger partial charge in [0.2, 0.25) is 11.8 Å². The van der Waals surface area contributed by atoms with Gasteiger partial charge < -0.3 is 15.0 Å². The van der Waals surface area contributed by atoms with Crippen molar-refractivity contribution in [2.75, 3.05) is 31.1 Å². The highest BCUT2D eigenvalue weighted by atomic mass is 19.4. The van der Waals surface area contributed by atoms with Gasteiger partial charge in [-0.05, 0) is 49.4 Å². The number of aromatic nitrogens is 1. The number of likely N-dealkylation sites (tertiary alicyclic amines) is 1. The normalized spacial score (nSPS) is 19.1. The molecule has 4 rings (SSSR count). The summed E-state index contributed by atoms with van der Waals surface area (Å²) in [7, 11) is 0. The number of amides is 2. The molecule has 1 atom stereocenters.